The van der Waals surface area contributed by atoms with Crippen molar-refractivity contribution < 1.29 is 38.3 Å². The molecule has 4 saturated heterocycles. The number of anilines is 2. The minimum atomic E-state index is -1.29. The first kappa shape index (κ1) is 38.9. The maximum absolute atomic E-state index is 14.0. The maximum atomic E-state index is 14.0. The maximum Gasteiger partial charge on any atom is 0.422 e. The average molecular weight is 733 g/mol. The number of rotatable bonds is 10. The SMILES string of the molecule is CCCON1C(C)(C)CC2(CC1(C)C)OC(=O)N(c1ccc(Cc3ccc(N4C(=O)OC5(CC(C)(C)N(OCCC)C(C)(C)C5)C4=O)cc3)cc1)C2=O. The Hall–Kier alpha value is -3.84. The monoisotopic (exact) mass is 732 g/mol. The highest BCUT2D eigenvalue weighted by molar-refractivity contribution is 6.21. The lowest BCUT2D eigenvalue weighted by Gasteiger charge is -2.55. The zero-order valence-electron chi connectivity index (χ0n) is 33.0. The van der Waals surface area contributed by atoms with Gasteiger partial charge in [-0.15, -0.1) is 0 Å². The number of piperidine rings is 2. The second-order valence-electron chi connectivity index (χ2n) is 17.7. The minimum absolute atomic E-state index is 0.312. The Balaban J connectivity index is 1.13. The number of carbonyl (C=O) groups excluding carboxylic acids is 4. The fourth-order valence-electron chi connectivity index (χ4n) is 9.65. The van der Waals surface area contributed by atoms with Crippen molar-refractivity contribution in [2.45, 2.75) is 148 Å². The summed E-state index contributed by atoms with van der Waals surface area (Å²) in [6.45, 7) is 21.3. The number of hydroxylamine groups is 4. The van der Waals surface area contributed by atoms with Crippen molar-refractivity contribution in [2.75, 3.05) is 23.0 Å². The molecule has 0 radical (unpaired) electrons. The van der Waals surface area contributed by atoms with Crippen LogP contribution in [0.5, 0.6) is 0 Å². The highest BCUT2D eigenvalue weighted by Gasteiger charge is 2.65. The van der Waals surface area contributed by atoms with Gasteiger partial charge in [-0.05, 0) is 110 Å². The molecule has 6 rings (SSSR count). The Kier molecular flexibility index (Phi) is 9.88. The third-order valence-corrected chi connectivity index (χ3v) is 10.8. The molecule has 2 spiro atoms. The highest BCUT2D eigenvalue weighted by Crippen LogP contribution is 2.51. The van der Waals surface area contributed by atoms with Crippen molar-refractivity contribution in [3.8, 4) is 0 Å². The molecule has 4 fully saturated rings. The molecule has 288 valence electrons. The molecule has 0 bridgehead atoms. The lowest BCUT2D eigenvalue weighted by atomic mass is 9.72. The molecule has 53 heavy (non-hydrogen) atoms. The molecule has 2 aromatic rings. The summed E-state index contributed by atoms with van der Waals surface area (Å²) in [5.41, 5.74) is -1.98. The van der Waals surface area contributed by atoms with Gasteiger partial charge in [0.15, 0.2) is 11.2 Å². The van der Waals surface area contributed by atoms with Gasteiger partial charge < -0.3 is 9.47 Å². The van der Waals surface area contributed by atoms with Crippen molar-refractivity contribution in [3.63, 3.8) is 0 Å². The molecule has 4 aliphatic rings. The van der Waals surface area contributed by atoms with Gasteiger partial charge in [0.1, 0.15) is 0 Å². The van der Waals surface area contributed by atoms with Crippen molar-refractivity contribution in [1.29, 1.82) is 0 Å². The fraction of sp³-hybridized carbons (Fsp3) is 0.610. The van der Waals surface area contributed by atoms with E-state index < -0.39 is 45.5 Å². The molecular weight excluding hydrogens is 676 g/mol. The summed E-state index contributed by atoms with van der Waals surface area (Å²) in [7, 11) is 0. The summed E-state index contributed by atoms with van der Waals surface area (Å²) in [6, 6.07) is 14.6. The first-order chi connectivity index (χ1) is 24.7. The second-order valence-corrected chi connectivity index (χ2v) is 17.7. The van der Waals surface area contributed by atoms with Crippen molar-refractivity contribution >= 4 is 35.4 Å². The van der Waals surface area contributed by atoms with Gasteiger partial charge in [-0.2, -0.15) is 10.1 Å². The van der Waals surface area contributed by atoms with Gasteiger partial charge in [0.05, 0.1) is 24.6 Å². The zero-order valence-corrected chi connectivity index (χ0v) is 33.0. The van der Waals surface area contributed by atoms with E-state index in [1.54, 1.807) is 24.3 Å². The van der Waals surface area contributed by atoms with Crippen LogP contribution in [0.2, 0.25) is 0 Å². The first-order valence-electron chi connectivity index (χ1n) is 18.9. The number of nitrogens with zero attached hydrogens (tertiary/aromatic N) is 4. The summed E-state index contributed by atoms with van der Waals surface area (Å²) in [6.07, 6.45) is 2.18. The van der Waals surface area contributed by atoms with Crippen LogP contribution in [-0.4, -0.2) is 80.7 Å². The normalized spacial score (nSPS) is 24.3. The van der Waals surface area contributed by atoms with Gasteiger partial charge in [-0.25, -0.2) is 19.4 Å². The van der Waals surface area contributed by atoms with Crippen LogP contribution >= 0.6 is 0 Å². The van der Waals surface area contributed by atoms with Crippen LogP contribution in [0.15, 0.2) is 48.5 Å². The molecule has 0 aromatic heterocycles. The van der Waals surface area contributed by atoms with Gasteiger partial charge in [0.2, 0.25) is 0 Å². The lowest BCUT2D eigenvalue weighted by Crippen LogP contribution is -2.67. The molecule has 0 atom stereocenters. The van der Waals surface area contributed by atoms with Crippen LogP contribution in [-0.2, 0) is 35.2 Å². The Labute approximate surface area is 313 Å². The van der Waals surface area contributed by atoms with E-state index in [1.165, 1.54) is 0 Å². The first-order valence-corrected chi connectivity index (χ1v) is 18.9. The van der Waals surface area contributed by atoms with Crippen LogP contribution < -0.4 is 9.80 Å². The van der Waals surface area contributed by atoms with E-state index in [0.29, 0.717) is 56.7 Å². The van der Waals surface area contributed by atoms with E-state index in [4.69, 9.17) is 19.1 Å². The molecule has 4 heterocycles. The second kappa shape index (κ2) is 13.5. The third kappa shape index (κ3) is 6.88. The summed E-state index contributed by atoms with van der Waals surface area (Å²) in [5.74, 6) is -0.720. The Bertz CT molecular complexity index is 1590. The van der Waals surface area contributed by atoms with Crippen molar-refractivity contribution in [3.05, 3.63) is 59.7 Å². The molecular formula is C41H56N4O8. The number of ether oxygens (including phenoxy) is 2. The lowest BCUT2D eigenvalue weighted by molar-refractivity contribution is -0.299. The van der Waals surface area contributed by atoms with Crippen LogP contribution in [0.3, 0.4) is 0 Å². The number of benzene rings is 2. The Morgan fingerprint density at radius 2 is 0.830 bits per heavy atom. The summed E-state index contributed by atoms with van der Waals surface area (Å²) >= 11 is 0. The molecule has 0 aliphatic carbocycles. The minimum Gasteiger partial charge on any atom is -0.432 e. The standard InChI is InChI=1S/C41H56N4O8/c1-11-21-50-44-36(3,4)24-40(25-37(44,5)6)32(46)42(34(48)52-40)30-17-13-28(14-18-30)23-29-15-19-31(20-16-29)43-33(47)41(53-35(43)49)26-38(7,8)45(51-22-12-2)39(9,10)27-41/h13-20H,11-12,21-27H2,1-10H3. The quantitative estimate of drug-likeness (QED) is 0.240. The molecule has 12 nitrogen and oxygen atoms in total. The van der Waals surface area contributed by atoms with Crippen LogP contribution in [0, 0.1) is 0 Å². The van der Waals surface area contributed by atoms with Gasteiger partial charge in [0.25, 0.3) is 11.8 Å². The van der Waals surface area contributed by atoms with Crippen molar-refractivity contribution in [1.82, 2.24) is 10.1 Å². The number of hydrogen-bond acceptors (Lipinski definition) is 10. The van der Waals surface area contributed by atoms with Crippen molar-refractivity contribution in [2.24, 2.45) is 0 Å². The molecule has 0 N–H and O–H groups in total. The Morgan fingerprint density at radius 3 is 1.11 bits per heavy atom. The van der Waals surface area contributed by atoms with Gasteiger partial charge in [-0.3, -0.25) is 19.3 Å². The van der Waals surface area contributed by atoms with E-state index in [-0.39, 0.29) is 11.8 Å². The number of carbonyl (C=O) groups is 4. The fourth-order valence-corrected chi connectivity index (χ4v) is 9.65. The summed E-state index contributed by atoms with van der Waals surface area (Å²) in [5, 5.41) is 3.92. The smallest absolute Gasteiger partial charge is 0.422 e. The van der Waals surface area contributed by atoms with E-state index >= 15 is 0 Å². The molecule has 4 aliphatic heterocycles. The highest BCUT2D eigenvalue weighted by atomic mass is 16.7. The van der Waals surface area contributed by atoms with Gasteiger partial charge in [-0.1, -0.05) is 38.1 Å². The van der Waals surface area contributed by atoms with Crippen LogP contribution in [0.4, 0.5) is 21.0 Å². The molecule has 0 unspecified atom stereocenters. The summed E-state index contributed by atoms with van der Waals surface area (Å²) < 4.78 is 11.9. The average Bonchev–Trinajstić information content (AvgIpc) is 3.40. The summed E-state index contributed by atoms with van der Waals surface area (Å²) in [4.78, 5) is 69.1. The van der Waals surface area contributed by atoms with Crippen LogP contribution in [0.1, 0.15) is 119 Å². The van der Waals surface area contributed by atoms with E-state index in [2.05, 4.69) is 13.8 Å². The molecule has 2 aromatic carbocycles. The van der Waals surface area contributed by atoms with E-state index in [0.717, 1.165) is 33.8 Å². The predicted octanol–water partition coefficient (Wildman–Crippen LogP) is 7.71. The van der Waals surface area contributed by atoms with E-state index in [9.17, 15) is 19.2 Å². The topological polar surface area (TPSA) is 118 Å². The zero-order chi connectivity index (χ0) is 38.8. The predicted molar refractivity (Wildman–Crippen MR) is 200 cm³/mol. The molecule has 4 amide bonds. The Morgan fingerprint density at radius 1 is 0.528 bits per heavy atom. The van der Waals surface area contributed by atoms with Gasteiger partial charge >= 0.3 is 12.2 Å². The molecule has 12 heteroatoms. The van der Waals surface area contributed by atoms with E-state index in [1.807, 2.05) is 89.8 Å². The number of hydrogen-bond donors (Lipinski definition) is 0. The number of imide groups is 2. The largest absolute Gasteiger partial charge is 0.432 e. The number of amides is 4. The molecule has 0 saturated carbocycles. The van der Waals surface area contributed by atoms with Gasteiger partial charge in [0, 0.05) is 47.8 Å². The van der Waals surface area contributed by atoms with Crippen LogP contribution in [0.25, 0.3) is 0 Å². The third-order valence-electron chi connectivity index (χ3n) is 10.8.